The van der Waals surface area contributed by atoms with E-state index in [0.29, 0.717) is 38.1 Å². The lowest BCUT2D eigenvalue weighted by molar-refractivity contribution is 0.0983. The normalized spacial score (nSPS) is 15.9. The number of rotatable bonds is 4. The summed E-state index contributed by atoms with van der Waals surface area (Å²) in [7, 11) is 0. The van der Waals surface area contributed by atoms with Crippen molar-refractivity contribution in [3.8, 4) is 0 Å². The Bertz CT molecular complexity index is 486. The molecule has 0 bridgehead atoms. The van der Waals surface area contributed by atoms with Crippen molar-refractivity contribution in [3.63, 3.8) is 0 Å². The van der Waals surface area contributed by atoms with Crippen LogP contribution in [0.25, 0.3) is 0 Å². The number of hydrogen-bond acceptors (Lipinski definition) is 6. The molecule has 0 atom stereocenters. The summed E-state index contributed by atoms with van der Waals surface area (Å²) in [5, 5.41) is 3.40. The lowest BCUT2D eigenvalue weighted by Crippen LogP contribution is -2.42. The number of nitrogens with two attached hydrogens (primary N) is 1. The number of hydrogen-bond donors (Lipinski definition) is 2. The fraction of sp³-hybridized carbons (Fsp3) is 0.643. The highest BCUT2D eigenvalue weighted by atomic mass is 16.6. The molecule has 3 N–H and O–H groups in total. The van der Waals surface area contributed by atoms with Crippen LogP contribution in [0, 0.1) is 6.92 Å². The molecule has 1 aromatic heterocycles. The zero-order valence-corrected chi connectivity index (χ0v) is 12.6. The summed E-state index contributed by atoms with van der Waals surface area (Å²) >= 11 is 0. The van der Waals surface area contributed by atoms with Gasteiger partial charge >= 0.3 is 6.09 Å². The van der Waals surface area contributed by atoms with Gasteiger partial charge in [0.1, 0.15) is 11.6 Å². The number of amides is 1. The van der Waals surface area contributed by atoms with Crippen LogP contribution in [-0.4, -0.2) is 46.7 Å². The Balaban J connectivity index is 1.89. The molecule has 0 unspecified atom stereocenters. The van der Waals surface area contributed by atoms with Crippen LogP contribution in [0.3, 0.4) is 0 Å². The summed E-state index contributed by atoms with van der Waals surface area (Å²) in [5.74, 6) is 1.52. The third-order valence-electron chi connectivity index (χ3n) is 3.47. The second-order valence-corrected chi connectivity index (χ2v) is 5.10. The van der Waals surface area contributed by atoms with E-state index in [1.54, 1.807) is 4.90 Å². The van der Waals surface area contributed by atoms with Gasteiger partial charge in [-0.05, 0) is 26.7 Å². The number of carbonyl (C=O) groups is 1. The van der Waals surface area contributed by atoms with Gasteiger partial charge in [0.05, 0.1) is 12.3 Å². The molecule has 0 saturated carbocycles. The predicted octanol–water partition coefficient (Wildman–Crippen LogP) is 1.28. The van der Waals surface area contributed by atoms with Crippen LogP contribution in [-0.2, 0) is 11.3 Å². The van der Waals surface area contributed by atoms with E-state index in [-0.39, 0.29) is 6.09 Å². The molecule has 1 saturated heterocycles. The first kappa shape index (κ1) is 15.5. The van der Waals surface area contributed by atoms with Crippen LogP contribution in [0.15, 0.2) is 6.07 Å². The van der Waals surface area contributed by atoms with Crippen LogP contribution in [0.4, 0.5) is 10.6 Å². The van der Waals surface area contributed by atoms with Crippen molar-refractivity contribution in [1.82, 2.24) is 14.9 Å². The summed E-state index contributed by atoms with van der Waals surface area (Å²) in [6.07, 6.45) is 1.53. The summed E-state index contributed by atoms with van der Waals surface area (Å²) in [4.78, 5) is 22.0. The molecule has 7 nitrogen and oxygen atoms in total. The molecule has 1 amide bonds. The van der Waals surface area contributed by atoms with Crippen LogP contribution in [0.5, 0.6) is 0 Å². The zero-order chi connectivity index (χ0) is 15.2. The summed E-state index contributed by atoms with van der Waals surface area (Å²) in [5.41, 5.74) is 6.45. The van der Waals surface area contributed by atoms with Gasteiger partial charge in [-0.3, -0.25) is 0 Å². The number of carbonyl (C=O) groups excluding carboxylic acids is 1. The molecule has 2 heterocycles. The Labute approximate surface area is 124 Å². The molecule has 1 aromatic rings. The SMILES string of the molecule is CCOC(=O)N1CCC(Nc2cc(CN)nc(C)n2)CC1. The van der Waals surface area contributed by atoms with Gasteiger partial charge in [-0.15, -0.1) is 0 Å². The Hall–Kier alpha value is -1.89. The van der Waals surface area contributed by atoms with Gasteiger partial charge in [-0.25, -0.2) is 14.8 Å². The van der Waals surface area contributed by atoms with Crippen LogP contribution < -0.4 is 11.1 Å². The average molecular weight is 293 g/mol. The predicted molar refractivity (Wildman–Crippen MR) is 79.9 cm³/mol. The molecule has 21 heavy (non-hydrogen) atoms. The molecule has 116 valence electrons. The number of nitrogens with zero attached hydrogens (tertiary/aromatic N) is 3. The van der Waals surface area contributed by atoms with E-state index >= 15 is 0 Å². The largest absolute Gasteiger partial charge is 0.450 e. The Kier molecular flexibility index (Phi) is 5.32. The highest BCUT2D eigenvalue weighted by Crippen LogP contribution is 2.16. The second kappa shape index (κ2) is 7.21. The average Bonchev–Trinajstić information content (AvgIpc) is 2.47. The highest BCUT2D eigenvalue weighted by molar-refractivity contribution is 5.67. The summed E-state index contributed by atoms with van der Waals surface area (Å²) < 4.78 is 5.01. The minimum absolute atomic E-state index is 0.223. The van der Waals surface area contributed by atoms with E-state index in [1.807, 2.05) is 19.9 Å². The molecule has 1 fully saturated rings. The fourth-order valence-electron chi connectivity index (χ4n) is 2.44. The van der Waals surface area contributed by atoms with Crippen molar-refractivity contribution in [2.75, 3.05) is 25.0 Å². The maximum atomic E-state index is 11.6. The van der Waals surface area contributed by atoms with E-state index < -0.39 is 0 Å². The Morgan fingerprint density at radius 2 is 2.19 bits per heavy atom. The molecule has 0 spiro atoms. The molecule has 7 heteroatoms. The monoisotopic (exact) mass is 293 g/mol. The number of piperidine rings is 1. The van der Waals surface area contributed by atoms with Gasteiger partial charge < -0.3 is 20.7 Å². The summed E-state index contributed by atoms with van der Waals surface area (Å²) in [6.45, 7) is 5.89. The van der Waals surface area contributed by atoms with Crippen molar-refractivity contribution < 1.29 is 9.53 Å². The van der Waals surface area contributed by atoms with Crippen molar-refractivity contribution >= 4 is 11.9 Å². The minimum Gasteiger partial charge on any atom is -0.450 e. The maximum absolute atomic E-state index is 11.6. The molecule has 0 aliphatic carbocycles. The van der Waals surface area contributed by atoms with Gasteiger partial charge in [0.15, 0.2) is 0 Å². The van der Waals surface area contributed by atoms with Crippen LogP contribution in [0.2, 0.25) is 0 Å². The quantitative estimate of drug-likeness (QED) is 0.868. The summed E-state index contributed by atoms with van der Waals surface area (Å²) in [6, 6.07) is 2.18. The first-order valence-electron chi connectivity index (χ1n) is 7.35. The highest BCUT2D eigenvalue weighted by Gasteiger charge is 2.23. The number of aryl methyl sites for hydroxylation is 1. The topological polar surface area (TPSA) is 93.4 Å². The molecule has 0 aromatic carbocycles. The minimum atomic E-state index is -0.223. The third-order valence-corrected chi connectivity index (χ3v) is 3.47. The van der Waals surface area contributed by atoms with Crippen molar-refractivity contribution in [2.24, 2.45) is 5.73 Å². The Morgan fingerprint density at radius 1 is 1.48 bits per heavy atom. The standard InChI is InChI=1S/C14H23N5O2/c1-3-21-14(20)19-6-4-11(5-7-19)18-13-8-12(9-15)16-10(2)17-13/h8,11H,3-7,9,15H2,1-2H3,(H,16,17,18). The van der Waals surface area contributed by atoms with Gasteiger partial charge in [0.2, 0.25) is 0 Å². The zero-order valence-electron chi connectivity index (χ0n) is 12.6. The van der Waals surface area contributed by atoms with E-state index in [4.69, 9.17) is 10.5 Å². The lowest BCUT2D eigenvalue weighted by atomic mass is 10.1. The second-order valence-electron chi connectivity index (χ2n) is 5.10. The third kappa shape index (κ3) is 4.29. The fourth-order valence-corrected chi connectivity index (χ4v) is 2.44. The van der Waals surface area contributed by atoms with Crippen molar-refractivity contribution in [3.05, 3.63) is 17.6 Å². The van der Waals surface area contributed by atoms with Gasteiger partial charge in [-0.1, -0.05) is 0 Å². The number of aromatic nitrogens is 2. The first-order valence-corrected chi connectivity index (χ1v) is 7.35. The number of nitrogens with one attached hydrogen (secondary N) is 1. The smallest absolute Gasteiger partial charge is 0.409 e. The molecular weight excluding hydrogens is 270 g/mol. The molecule has 2 rings (SSSR count). The van der Waals surface area contributed by atoms with Crippen LogP contribution in [0.1, 0.15) is 31.3 Å². The maximum Gasteiger partial charge on any atom is 0.409 e. The molecule has 1 aliphatic heterocycles. The van der Waals surface area contributed by atoms with E-state index in [0.717, 1.165) is 24.4 Å². The van der Waals surface area contributed by atoms with E-state index in [2.05, 4.69) is 15.3 Å². The van der Waals surface area contributed by atoms with Gasteiger partial charge in [0, 0.05) is 31.7 Å². The van der Waals surface area contributed by atoms with Gasteiger partial charge in [0.25, 0.3) is 0 Å². The molecule has 0 radical (unpaired) electrons. The van der Waals surface area contributed by atoms with Crippen molar-refractivity contribution in [1.29, 1.82) is 0 Å². The molecular formula is C14H23N5O2. The number of ether oxygens (including phenoxy) is 1. The Morgan fingerprint density at radius 3 is 2.81 bits per heavy atom. The lowest BCUT2D eigenvalue weighted by Gasteiger charge is -2.31. The van der Waals surface area contributed by atoms with E-state index in [9.17, 15) is 4.79 Å². The molecule has 1 aliphatic rings. The number of anilines is 1. The first-order chi connectivity index (χ1) is 10.1. The van der Waals surface area contributed by atoms with Crippen molar-refractivity contribution in [2.45, 2.75) is 39.3 Å². The number of likely N-dealkylation sites (tertiary alicyclic amines) is 1. The van der Waals surface area contributed by atoms with Crippen LogP contribution >= 0.6 is 0 Å². The van der Waals surface area contributed by atoms with Gasteiger partial charge in [-0.2, -0.15) is 0 Å². The van der Waals surface area contributed by atoms with E-state index in [1.165, 1.54) is 0 Å².